The van der Waals surface area contributed by atoms with Crippen LogP contribution < -0.4 is 19.5 Å². The minimum absolute atomic E-state index is 0.390. The molecule has 34 heavy (non-hydrogen) atoms. The van der Waals surface area contributed by atoms with Crippen LogP contribution in [0.3, 0.4) is 0 Å². The zero-order valence-corrected chi connectivity index (χ0v) is 20.1. The molecule has 1 aromatic heterocycles. The summed E-state index contributed by atoms with van der Waals surface area (Å²) < 4.78 is 17.5. The number of rotatable bonds is 6. The smallest absolute Gasteiger partial charge is 0.247 e. The largest absolute Gasteiger partial charge is 0.493 e. The first-order valence-corrected chi connectivity index (χ1v) is 11.9. The average molecular weight is 493 g/mol. The Labute approximate surface area is 206 Å². The van der Waals surface area contributed by atoms with Crippen molar-refractivity contribution < 1.29 is 14.2 Å². The van der Waals surface area contributed by atoms with E-state index in [1.807, 2.05) is 66.7 Å². The van der Waals surface area contributed by atoms with E-state index in [2.05, 4.69) is 15.5 Å². The van der Waals surface area contributed by atoms with Gasteiger partial charge >= 0.3 is 0 Å². The van der Waals surface area contributed by atoms with Crippen LogP contribution in [0.15, 0.2) is 71.9 Å². The Bertz CT molecular complexity index is 1320. The first-order valence-electron chi connectivity index (χ1n) is 10.5. The highest BCUT2D eigenvalue weighted by atomic mass is 35.5. The number of nitrogens with zero attached hydrogens (tertiary/aromatic N) is 3. The Morgan fingerprint density at radius 1 is 0.971 bits per heavy atom. The summed E-state index contributed by atoms with van der Waals surface area (Å²) in [7, 11) is 3.21. The first-order chi connectivity index (χ1) is 16.7. The van der Waals surface area contributed by atoms with E-state index in [9.17, 15) is 0 Å². The second-order valence-corrected chi connectivity index (χ2v) is 8.81. The quantitative estimate of drug-likeness (QED) is 0.328. The molecular weight excluding hydrogens is 472 g/mol. The lowest BCUT2D eigenvalue weighted by Gasteiger charge is -2.22. The van der Waals surface area contributed by atoms with Crippen molar-refractivity contribution in [3.05, 3.63) is 82.9 Å². The molecule has 0 radical (unpaired) electrons. The number of fused-ring (bicyclic) bond motifs is 3. The summed E-state index contributed by atoms with van der Waals surface area (Å²) in [5.74, 6) is 2.27. The normalized spacial score (nSPS) is 14.1. The Kier molecular flexibility index (Phi) is 6.42. The van der Waals surface area contributed by atoms with Crippen molar-refractivity contribution in [2.45, 2.75) is 17.1 Å². The molecular formula is C25H21ClN4O3S. The summed E-state index contributed by atoms with van der Waals surface area (Å²) in [6.45, 7) is 0. The Hall–Kier alpha value is -3.49. The minimum Gasteiger partial charge on any atom is -0.493 e. The number of para-hydroxylation sites is 2. The molecule has 0 spiro atoms. The fourth-order valence-electron chi connectivity index (χ4n) is 3.70. The minimum atomic E-state index is -0.585. The van der Waals surface area contributed by atoms with E-state index in [0.29, 0.717) is 39.0 Å². The van der Waals surface area contributed by atoms with E-state index >= 15 is 0 Å². The van der Waals surface area contributed by atoms with Crippen LogP contribution in [-0.4, -0.2) is 29.4 Å². The van der Waals surface area contributed by atoms with Crippen molar-refractivity contribution in [3.8, 4) is 28.6 Å². The van der Waals surface area contributed by atoms with Gasteiger partial charge in [0, 0.05) is 22.0 Å². The lowest BCUT2D eigenvalue weighted by Crippen LogP contribution is -2.18. The van der Waals surface area contributed by atoms with Crippen LogP contribution in [0.1, 0.15) is 17.4 Å². The van der Waals surface area contributed by atoms with Crippen LogP contribution >= 0.6 is 23.4 Å². The maximum absolute atomic E-state index is 6.38. The Balaban J connectivity index is 1.51. The third kappa shape index (κ3) is 4.47. The second-order valence-electron chi connectivity index (χ2n) is 7.43. The maximum atomic E-state index is 6.38. The van der Waals surface area contributed by atoms with Crippen molar-refractivity contribution in [1.82, 2.24) is 15.2 Å². The highest BCUT2D eigenvalue weighted by Gasteiger charge is 2.28. The number of anilines is 1. The summed E-state index contributed by atoms with van der Waals surface area (Å²) in [6.07, 6.45) is -0.585. The fourth-order valence-corrected chi connectivity index (χ4v) is 4.56. The van der Waals surface area contributed by atoms with Gasteiger partial charge in [-0.1, -0.05) is 59.8 Å². The van der Waals surface area contributed by atoms with E-state index in [4.69, 9.17) is 30.8 Å². The molecule has 0 fully saturated rings. The average Bonchev–Trinajstić information content (AvgIpc) is 3.04. The number of thioether (sulfide) groups is 1. The van der Waals surface area contributed by atoms with E-state index in [-0.39, 0.29) is 0 Å². The van der Waals surface area contributed by atoms with Gasteiger partial charge in [0.25, 0.3) is 0 Å². The van der Waals surface area contributed by atoms with Crippen LogP contribution in [0.5, 0.6) is 17.4 Å². The molecule has 0 aliphatic carbocycles. The molecule has 1 unspecified atom stereocenters. The predicted molar refractivity (Wildman–Crippen MR) is 133 cm³/mol. The molecule has 172 valence electrons. The zero-order valence-electron chi connectivity index (χ0n) is 18.5. The van der Waals surface area contributed by atoms with E-state index in [0.717, 1.165) is 22.4 Å². The van der Waals surface area contributed by atoms with Gasteiger partial charge in [-0.05, 0) is 35.9 Å². The molecule has 5 rings (SSSR count). The standard InChI is InChI=1S/C25H21ClN4O3S/c1-31-20-9-5-7-18(22(20)32-2)23-27-19-8-4-3-6-17(19)21-24(33-23)28-25(30-29-21)34-14-15-10-12-16(26)13-11-15/h3-13,23,27H,14H2,1-2H3. The molecule has 7 nitrogen and oxygen atoms in total. The van der Waals surface area contributed by atoms with Crippen molar-refractivity contribution in [2.24, 2.45) is 0 Å². The van der Waals surface area contributed by atoms with Crippen molar-refractivity contribution in [3.63, 3.8) is 0 Å². The van der Waals surface area contributed by atoms with Gasteiger partial charge in [-0.3, -0.25) is 0 Å². The summed E-state index contributed by atoms with van der Waals surface area (Å²) in [5, 5.41) is 13.5. The lowest BCUT2D eigenvalue weighted by molar-refractivity contribution is 0.218. The second kappa shape index (κ2) is 9.79. The summed E-state index contributed by atoms with van der Waals surface area (Å²) in [5.41, 5.74) is 4.17. The van der Waals surface area contributed by atoms with Gasteiger partial charge in [0.15, 0.2) is 17.2 Å². The van der Waals surface area contributed by atoms with E-state index in [1.165, 1.54) is 11.8 Å². The topological polar surface area (TPSA) is 78.4 Å². The van der Waals surface area contributed by atoms with Gasteiger partial charge in [-0.25, -0.2) is 0 Å². The maximum Gasteiger partial charge on any atom is 0.247 e. The molecule has 0 bridgehead atoms. The number of aromatic nitrogens is 3. The highest BCUT2D eigenvalue weighted by Crippen LogP contribution is 2.43. The molecule has 2 heterocycles. The zero-order chi connectivity index (χ0) is 23.5. The van der Waals surface area contributed by atoms with Gasteiger partial charge < -0.3 is 19.5 Å². The summed E-state index contributed by atoms with van der Waals surface area (Å²) in [6, 6.07) is 21.2. The number of hydrogen-bond donors (Lipinski definition) is 1. The van der Waals surface area contributed by atoms with Gasteiger partial charge in [-0.2, -0.15) is 4.98 Å². The first kappa shape index (κ1) is 22.3. The van der Waals surface area contributed by atoms with Gasteiger partial charge in [0.05, 0.1) is 19.8 Å². The molecule has 0 amide bonds. The number of ether oxygens (including phenoxy) is 3. The molecule has 1 aliphatic heterocycles. The third-order valence-corrected chi connectivity index (χ3v) is 6.49. The summed E-state index contributed by atoms with van der Waals surface area (Å²) >= 11 is 7.47. The van der Waals surface area contributed by atoms with Crippen LogP contribution in [0, 0.1) is 0 Å². The molecule has 1 N–H and O–H groups in total. The van der Waals surface area contributed by atoms with Crippen LogP contribution in [-0.2, 0) is 5.75 Å². The van der Waals surface area contributed by atoms with Gasteiger partial charge in [0.2, 0.25) is 17.3 Å². The number of methoxy groups -OCH3 is 2. The molecule has 9 heteroatoms. The predicted octanol–water partition coefficient (Wildman–Crippen LogP) is 6.00. The van der Waals surface area contributed by atoms with Gasteiger partial charge in [-0.15, -0.1) is 10.2 Å². The highest BCUT2D eigenvalue weighted by molar-refractivity contribution is 7.98. The summed E-state index contributed by atoms with van der Waals surface area (Å²) in [4.78, 5) is 4.71. The van der Waals surface area contributed by atoms with Gasteiger partial charge in [0.1, 0.15) is 0 Å². The Morgan fingerprint density at radius 3 is 2.59 bits per heavy atom. The van der Waals surface area contributed by atoms with Crippen LogP contribution in [0.25, 0.3) is 11.3 Å². The number of nitrogens with one attached hydrogen (secondary N) is 1. The molecule has 0 saturated carbocycles. The lowest BCUT2D eigenvalue weighted by atomic mass is 10.1. The molecule has 4 aromatic rings. The van der Waals surface area contributed by atoms with Crippen molar-refractivity contribution in [1.29, 1.82) is 0 Å². The number of benzene rings is 3. The third-order valence-electron chi connectivity index (χ3n) is 5.33. The van der Waals surface area contributed by atoms with Crippen molar-refractivity contribution >= 4 is 29.1 Å². The molecule has 0 saturated heterocycles. The molecule has 3 aromatic carbocycles. The molecule has 1 aliphatic rings. The molecule has 1 atom stereocenters. The SMILES string of the molecule is COc1cccc(C2Nc3ccccc3-c3nnc(SCc4ccc(Cl)cc4)nc3O2)c1OC. The fraction of sp³-hybridized carbons (Fsp3) is 0.160. The Morgan fingerprint density at radius 2 is 1.79 bits per heavy atom. The van der Waals surface area contributed by atoms with E-state index < -0.39 is 6.23 Å². The van der Waals surface area contributed by atoms with E-state index in [1.54, 1.807) is 14.2 Å². The van der Waals surface area contributed by atoms with Crippen LogP contribution in [0.4, 0.5) is 5.69 Å². The number of hydrogen-bond acceptors (Lipinski definition) is 8. The van der Waals surface area contributed by atoms with Crippen LogP contribution in [0.2, 0.25) is 5.02 Å². The van der Waals surface area contributed by atoms with Crippen molar-refractivity contribution in [2.75, 3.05) is 19.5 Å². The number of halogens is 1. The monoisotopic (exact) mass is 492 g/mol.